The first-order valence-corrected chi connectivity index (χ1v) is 8.85. The van der Waals surface area contributed by atoms with Crippen molar-refractivity contribution >= 4 is 5.91 Å². The van der Waals surface area contributed by atoms with Gasteiger partial charge in [0.25, 0.3) is 5.91 Å². The van der Waals surface area contributed by atoms with Gasteiger partial charge in [-0.05, 0) is 48.9 Å². The molecule has 0 aliphatic carbocycles. The maximum Gasteiger partial charge on any atom is 0.258 e. The summed E-state index contributed by atoms with van der Waals surface area (Å²) in [5, 5.41) is 2.79. The van der Waals surface area contributed by atoms with Gasteiger partial charge in [-0.2, -0.15) is 0 Å². The Morgan fingerprint density at radius 3 is 2.18 bits per heavy atom. The summed E-state index contributed by atoms with van der Waals surface area (Å²) in [6.07, 6.45) is 1.66. The molecule has 0 saturated carbocycles. The second-order valence-electron chi connectivity index (χ2n) is 6.16. The average molecular weight is 378 g/mol. The number of aromatic nitrogens is 1. The minimum Gasteiger partial charge on any atom is -0.484 e. The standard InChI is InChI=1S/C22H22N2O4/c1-16-3-6-19(7-4-16)28-20-10-8-18(9-11-20)27-15-21(25)23-13-17-5-12-22(26-2)24-14-17/h3-12,14H,13,15H2,1-2H3,(H,23,25). The van der Waals surface area contributed by atoms with Crippen molar-refractivity contribution in [2.75, 3.05) is 13.7 Å². The number of carbonyl (C=O) groups excluding carboxylic acids is 1. The lowest BCUT2D eigenvalue weighted by Gasteiger charge is -2.09. The fourth-order valence-corrected chi connectivity index (χ4v) is 2.38. The van der Waals surface area contributed by atoms with Gasteiger partial charge < -0.3 is 19.5 Å². The van der Waals surface area contributed by atoms with Crippen molar-refractivity contribution in [3.05, 3.63) is 78.0 Å². The van der Waals surface area contributed by atoms with Crippen molar-refractivity contribution < 1.29 is 19.0 Å². The average Bonchev–Trinajstić information content (AvgIpc) is 2.74. The first-order valence-electron chi connectivity index (χ1n) is 8.85. The van der Waals surface area contributed by atoms with E-state index >= 15 is 0 Å². The molecule has 1 heterocycles. The molecule has 0 saturated heterocycles. The second-order valence-corrected chi connectivity index (χ2v) is 6.16. The molecule has 1 N–H and O–H groups in total. The Balaban J connectivity index is 1.43. The molecule has 144 valence electrons. The number of aryl methyl sites for hydroxylation is 1. The molecule has 0 unspecified atom stereocenters. The number of hydrogen-bond acceptors (Lipinski definition) is 5. The monoisotopic (exact) mass is 378 g/mol. The predicted molar refractivity (Wildman–Crippen MR) is 106 cm³/mol. The second kappa shape index (κ2) is 9.41. The molecule has 2 aromatic carbocycles. The maximum absolute atomic E-state index is 11.9. The number of methoxy groups -OCH3 is 1. The van der Waals surface area contributed by atoms with Crippen LogP contribution in [0.4, 0.5) is 0 Å². The number of nitrogens with one attached hydrogen (secondary N) is 1. The van der Waals surface area contributed by atoms with E-state index < -0.39 is 0 Å². The summed E-state index contributed by atoms with van der Waals surface area (Å²) in [5.74, 6) is 2.39. The number of ether oxygens (including phenoxy) is 3. The highest BCUT2D eigenvalue weighted by atomic mass is 16.5. The molecule has 1 aromatic heterocycles. The quantitative estimate of drug-likeness (QED) is 0.644. The van der Waals surface area contributed by atoms with Crippen molar-refractivity contribution in [3.63, 3.8) is 0 Å². The molecule has 6 nitrogen and oxygen atoms in total. The van der Waals surface area contributed by atoms with Gasteiger partial charge in [-0.25, -0.2) is 4.98 Å². The zero-order valence-electron chi connectivity index (χ0n) is 15.8. The fourth-order valence-electron chi connectivity index (χ4n) is 2.38. The van der Waals surface area contributed by atoms with Crippen LogP contribution in [0.3, 0.4) is 0 Å². The molecule has 1 amide bonds. The Labute approximate surface area is 164 Å². The third-order valence-electron chi connectivity index (χ3n) is 3.95. The number of nitrogens with zero attached hydrogens (tertiary/aromatic N) is 1. The Hall–Kier alpha value is -3.54. The van der Waals surface area contributed by atoms with Crippen LogP contribution in [0.25, 0.3) is 0 Å². The molecule has 3 rings (SSSR count). The first-order chi connectivity index (χ1) is 13.6. The van der Waals surface area contributed by atoms with Crippen molar-refractivity contribution in [2.45, 2.75) is 13.5 Å². The zero-order chi connectivity index (χ0) is 19.8. The molecule has 3 aromatic rings. The lowest BCUT2D eigenvalue weighted by atomic mass is 10.2. The van der Waals surface area contributed by atoms with Crippen LogP contribution in [-0.4, -0.2) is 24.6 Å². The van der Waals surface area contributed by atoms with Gasteiger partial charge >= 0.3 is 0 Å². The van der Waals surface area contributed by atoms with Gasteiger partial charge in [0.15, 0.2) is 6.61 Å². The van der Waals surface area contributed by atoms with Crippen LogP contribution >= 0.6 is 0 Å². The number of amides is 1. The molecule has 0 fully saturated rings. The molecule has 28 heavy (non-hydrogen) atoms. The Morgan fingerprint density at radius 2 is 1.57 bits per heavy atom. The summed E-state index contributed by atoms with van der Waals surface area (Å²) in [6, 6.07) is 18.6. The molecule has 0 radical (unpaired) electrons. The van der Waals surface area contributed by atoms with Gasteiger partial charge in [0, 0.05) is 18.8 Å². The molecular formula is C22H22N2O4. The minimum atomic E-state index is -0.212. The molecule has 0 bridgehead atoms. The Morgan fingerprint density at radius 1 is 0.929 bits per heavy atom. The van der Waals surface area contributed by atoms with Gasteiger partial charge in [0.2, 0.25) is 5.88 Å². The highest BCUT2D eigenvalue weighted by Gasteiger charge is 2.04. The predicted octanol–water partition coefficient (Wildman–Crippen LogP) is 3.89. The normalized spacial score (nSPS) is 10.2. The fraction of sp³-hybridized carbons (Fsp3) is 0.182. The summed E-state index contributed by atoms with van der Waals surface area (Å²) in [4.78, 5) is 16.0. The SMILES string of the molecule is COc1ccc(CNC(=O)COc2ccc(Oc3ccc(C)cc3)cc2)cn1. The zero-order valence-corrected chi connectivity index (χ0v) is 15.8. The highest BCUT2D eigenvalue weighted by molar-refractivity contribution is 5.77. The van der Waals surface area contributed by atoms with Crippen molar-refractivity contribution in [1.82, 2.24) is 10.3 Å². The number of benzene rings is 2. The van der Waals surface area contributed by atoms with Crippen molar-refractivity contribution in [3.8, 4) is 23.1 Å². The van der Waals surface area contributed by atoms with Gasteiger partial charge in [0.1, 0.15) is 17.2 Å². The third kappa shape index (κ3) is 5.74. The van der Waals surface area contributed by atoms with Crippen LogP contribution in [0.5, 0.6) is 23.1 Å². The van der Waals surface area contributed by atoms with E-state index in [1.165, 1.54) is 5.56 Å². The van der Waals surface area contributed by atoms with E-state index in [-0.39, 0.29) is 12.5 Å². The molecule has 6 heteroatoms. The summed E-state index contributed by atoms with van der Waals surface area (Å²) < 4.78 is 16.3. The van der Waals surface area contributed by atoms with Gasteiger partial charge in [-0.1, -0.05) is 23.8 Å². The topological polar surface area (TPSA) is 69.7 Å². The van der Waals surface area contributed by atoms with Gasteiger partial charge in [-0.3, -0.25) is 4.79 Å². The van der Waals surface area contributed by atoms with Gasteiger partial charge in [0.05, 0.1) is 7.11 Å². The van der Waals surface area contributed by atoms with Crippen LogP contribution in [0.15, 0.2) is 66.9 Å². The maximum atomic E-state index is 11.9. The van der Waals surface area contributed by atoms with Crippen LogP contribution < -0.4 is 19.5 Å². The van der Waals surface area contributed by atoms with Crippen LogP contribution in [0.2, 0.25) is 0 Å². The summed E-state index contributed by atoms with van der Waals surface area (Å²) in [6.45, 7) is 2.34. The lowest BCUT2D eigenvalue weighted by molar-refractivity contribution is -0.123. The van der Waals surface area contributed by atoms with E-state index in [9.17, 15) is 4.79 Å². The van der Waals surface area contributed by atoms with Crippen LogP contribution in [-0.2, 0) is 11.3 Å². The summed E-state index contributed by atoms with van der Waals surface area (Å²) in [5.41, 5.74) is 2.06. The van der Waals surface area contributed by atoms with Crippen LogP contribution in [0.1, 0.15) is 11.1 Å². The summed E-state index contributed by atoms with van der Waals surface area (Å²) in [7, 11) is 1.56. The molecule has 0 atom stereocenters. The Bertz CT molecular complexity index is 891. The molecular weight excluding hydrogens is 356 g/mol. The number of pyridine rings is 1. The van der Waals surface area contributed by atoms with E-state index in [1.54, 1.807) is 43.6 Å². The highest BCUT2D eigenvalue weighted by Crippen LogP contribution is 2.24. The van der Waals surface area contributed by atoms with E-state index in [4.69, 9.17) is 14.2 Å². The van der Waals surface area contributed by atoms with E-state index in [0.717, 1.165) is 11.3 Å². The van der Waals surface area contributed by atoms with Crippen molar-refractivity contribution in [1.29, 1.82) is 0 Å². The molecule has 0 aliphatic heterocycles. The van der Waals surface area contributed by atoms with E-state index in [0.29, 0.717) is 23.9 Å². The smallest absolute Gasteiger partial charge is 0.258 e. The molecule has 0 spiro atoms. The van der Waals surface area contributed by atoms with E-state index in [2.05, 4.69) is 10.3 Å². The van der Waals surface area contributed by atoms with E-state index in [1.807, 2.05) is 37.3 Å². The lowest BCUT2D eigenvalue weighted by Crippen LogP contribution is -2.28. The number of carbonyl (C=O) groups is 1. The number of hydrogen-bond donors (Lipinski definition) is 1. The molecule has 0 aliphatic rings. The third-order valence-corrected chi connectivity index (χ3v) is 3.95. The first kappa shape index (κ1) is 19.2. The van der Waals surface area contributed by atoms with Crippen LogP contribution in [0, 0.1) is 6.92 Å². The number of rotatable bonds is 8. The minimum absolute atomic E-state index is 0.0677. The largest absolute Gasteiger partial charge is 0.484 e. The Kier molecular flexibility index (Phi) is 6.46. The van der Waals surface area contributed by atoms with Crippen molar-refractivity contribution in [2.24, 2.45) is 0 Å². The summed E-state index contributed by atoms with van der Waals surface area (Å²) >= 11 is 0. The van der Waals surface area contributed by atoms with Gasteiger partial charge in [-0.15, -0.1) is 0 Å².